The van der Waals surface area contributed by atoms with E-state index in [2.05, 4.69) is 25.3 Å². The van der Waals surface area contributed by atoms with Crippen LogP contribution in [-0.4, -0.2) is 49.4 Å². The van der Waals surface area contributed by atoms with Crippen LogP contribution in [0.1, 0.15) is 31.2 Å². The lowest BCUT2D eigenvalue weighted by molar-refractivity contribution is -0.148. The average Bonchev–Trinajstić information content (AvgIpc) is 3.68. The predicted molar refractivity (Wildman–Crippen MR) is 154 cm³/mol. The van der Waals surface area contributed by atoms with Crippen molar-refractivity contribution in [1.29, 1.82) is 0 Å². The summed E-state index contributed by atoms with van der Waals surface area (Å²) in [6.07, 6.45) is 8.76. The second-order valence-corrected chi connectivity index (χ2v) is 13.0. The topological polar surface area (TPSA) is 153 Å². The van der Waals surface area contributed by atoms with Gasteiger partial charge >= 0.3 is 5.97 Å². The van der Waals surface area contributed by atoms with Crippen molar-refractivity contribution in [3.05, 3.63) is 72.8 Å². The lowest BCUT2D eigenvalue weighted by Crippen LogP contribution is -2.51. The second-order valence-electron chi connectivity index (χ2n) is 11.2. The van der Waals surface area contributed by atoms with Gasteiger partial charge in [-0.3, -0.25) is 4.79 Å². The number of halogens is 1. The Labute approximate surface area is 245 Å². The third-order valence-corrected chi connectivity index (χ3v) is 10.3. The number of carboxylic acids is 1. The SMILES string of the molecule is Cc1ccc(S(=O)(=O)n2cc(-c3nc(NC4C5CCC(CC5)C4C(=O)O)c(F)c(-c4ccco4)n3)c3cncnc32)cc1. The Balaban J connectivity index is 1.40. The minimum atomic E-state index is -4.09. The molecule has 0 aliphatic heterocycles. The molecule has 1 aromatic carbocycles. The van der Waals surface area contributed by atoms with Crippen LogP contribution < -0.4 is 5.32 Å². The van der Waals surface area contributed by atoms with Gasteiger partial charge < -0.3 is 14.8 Å². The van der Waals surface area contributed by atoms with E-state index in [0.717, 1.165) is 35.2 Å². The van der Waals surface area contributed by atoms with Gasteiger partial charge in [-0.1, -0.05) is 17.7 Å². The van der Waals surface area contributed by atoms with Crippen LogP contribution in [0.4, 0.5) is 10.2 Å². The fourth-order valence-electron chi connectivity index (χ4n) is 6.53. The van der Waals surface area contributed by atoms with Crippen LogP contribution in [0.15, 0.2) is 70.7 Å². The molecule has 3 saturated carbocycles. The summed E-state index contributed by atoms with van der Waals surface area (Å²) in [5, 5.41) is 13.5. The maximum atomic E-state index is 16.1. The van der Waals surface area contributed by atoms with Gasteiger partial charge in [0.05, 0.1) is 17.1 Å². The van der Waals surface area contributed by atoms with Crippen molar-refractivity contribution in [2.75, 3.05) is 5.32 Å². The van der Waals surface area contributed by atoms with Crippen LogP contribution in [0, 0.1) is 30.5 Å². The van der Waals surface area contributed by atoms with E-state index in [-0.39, 0.29) is 51.0 Å². The highest BCUT2D eigenvalue weighted by atomic mass is 32.2. The molecule has 3 aliphatic carbocycles. The standard InChI is InChI=1S/C30H27FN6O5S/c1-16-4-10-19(11-5-16)43(40,41)37-14-21(20-13-32-15-33-29(20)37)27-35-26(22-3-2-12-42-22)24(31)28(36-27)34-25-18-8-6-17(7-9-18)23(25)30(38)39/h2-5,10-15,17-18,23,25H,6-9H2,1H3,(H,38,39)(H,34,35,36). The Kier molecular flexibility index (Phi) is 6.49. The van der Waals surface area contributed by atoms with Gasteiger partial charge in [0.1, 0.15) is 12.0 Å². The molecule has 4 aromatic heterocycles. The van der Waals surface area contributed by atoms with E-state index >= 15 is 4.39 Å². The van der Waals surface area contributed by atoms with Crippen molar-refractivity contribution in [1.82, 2.24) is 23.9 Å². The Morgan fingerprint density at radius 2 is 1.84 bits per heavy atom. The number of nitrogens with one attached hydrogen (secondary N) is 1. The zero-order valence-corrected chi connectivity index (χ0v) is 23.8. The molecule has 3 fully saturated rings. The highest BCUT2D eigenvalue weighted by Gasteiger charge is 2.47. The van der Waals surface area contributed by atoms with Crippen LogP contribution in [-0.2, 0) is 14.8 Å². The Morgan fingerprint density at radius 3 is 2.53 bits per heavy atom. The van der Waals surface area contributed by atoms with Crippen LogP contribution in [0.2, 0.25) is 0 Å². The number of carboxylic acid groups (broad SMARTS) is 1. The number of carbonyl (C=O) groups is 1. The number of hydrogen-bond acceptors (Lipinski definition) is 9. The van der Waals surface area contributed by atoms with Crippen molar-refractivity contribution in [2.24, 2.45) is 17.8 Å². The lowest BCUT2D eigenvalue weighted by Gasteiger charge is -2.47. The molecule has 3 aliphatic rings. The summed E-state index contributed by atoms with van der Waals surface area (Å²) in [6.45, 7) is 1.86. The first kappa shape index (κ1) is 27.2. The molecule has 11 nitrogen and oxygen atoms in total. The summed E-state index contributed by atoms with van der Waals surface area (Å²) in [6, 6.07) is 9.05. The first-order valence-electron chi connectivity index (χ1n) is 14.0. The van der Waals surface area contributed by atoms with Gasteiger partial charge in [0.25, 0.3) is 10.0 Å². The summed E-state index contributed by atoms with van der Waals surface area (Å²) in [7, 11) is -4.09. The van der Waals surface area contributed by atoms with Gasteiger partial charge in [-0.25, -0.2) is 36.7 Å². The van der Waals surface area contributed by atoms with Crippen LogP contribution >= 0.6 is 0 Å². The fraction of sp³-hybridized carbons (Fsp3) is 0.300. The highest BCUT2D eigenvalue weighted by molar-refractivity contribution is 7.90. The van der Waals surface area contributed by atoms with E-state index in [1.54, 1.807) is 24.3 Å². The zero-order valence-electron chi connectivity index (χ0n) is 23.0. The van der Waals surface area contributed by atoms with Gasteiger partial charge in [-0.2, -0.15) is 0 Å². The number of aliphatic carboxylic acids is 1. The lowest BCUT2D eigenvalue weighted by atomic mass is 9.61. The number of nitrogens with zero attached hydrogens (tertiary/aromatic N) is 5. The van der Waals surface area contributed by atoms with E-state index in [9.17, 15) is 18.3 Å². The Hall–Kier alpha value is -4.65. The van der Waals surface area contributed by atoms with Gasteiger partial charge in [0.2, 0.25) is 0 Å². The molecule has 2 N–H and O–H groups in total. The van der Waals surface area contributed by atoms with Crippen molar-refractivity contribution in [2.45, 2.75) is 43.5 Å². The minimum absolute atomic E-state index is 0.000741. The van der Waals surface area contributed by atoms with Gasteiger partial charge in [-0.05, 0) is 68.7 Å². The molecule has 2 atom stereocenters. The molecule has 4 heterocycles. The molecular weight excluding hydrogens is 575 g/mol. The summed E-state index contributed by atoms with van der Waals surface area (Å²) in [5.41, 5.74) is 1.11. The summed E-state index contributed by atoms with van der Waals surface area (Å²) < 4.78 is 50.1. The number of fused-ring (bicyclic) bond motifs is 4. The third-order valence-electron chi connectivity index (χ3n) is 8.67. The summed E-state index contributed by atoms with van der Waals surface area (Å²) in [4.78, 5) is 29.7. The van der Waals surface area contributed by atoms with Crippen molar-refractivity contribution < 1.29 is 27.1 Å². The largest absolute Gasteiger partial charge is 0.481 e. The first-order valence-corrected chi connectivity index (χ1v) is 15.4. The maximum Gasteiger partial charge on any atom is 0.308 e. The molecule has 0 amide bonds. The number of aromatic nitrogens is 5. The van der Waals surface area contributed by atoms with E-state index in [4.69, 9.17) is 4.42 Å². The minimum Gasteiger partial charge on any atom is -0.481 e. The molecule has 5 aromatic rings. The monoisotopic (exact) mass is 602 g/mol. The first-order chi connectivity index (χ1) is 20.7. The molecule has 2 bridgehead atoms. The molecule has 2 unspecified atom stereocenters. The summed E-state index contributed by atoms with van der Waals surface area (Å²) >= 11 is 0. The third kappa shape index (κ3) is 4.54. The summed E-state index contributed by atoms with van der Waals surface area (Å²) in [5.74, 6) is -2.41. The highest BCUT2D eigenvalue weighted by Crippen LogP contribution is 2.47. The van der Waals surface area contributed by atoms with E-state index in [1.165, 1.54) is 37.1 Å². The molecule has 43 heavy (non-hydrogen) atoms. The Bertz CT molecular complexity index is 1950. The quantitative estimate of drug-likeness (QED) is 0.256. The number of hydrogen-bond donors (Lipinski definition) is 2. The zero-order chi connectivity index (χ0) is 29.9. The number of benzene rings is 1. The fourth-order valence-corrected chi connectivity index (χ4v) is 7.86. The Morgan fingerprint density at radius 1 is 1.09 bits per heavy atom. The smallest absolute Gasteiger partial charge is 0.308 e. The second kappa shape index (κ2) is 10.3. The molecule has 0 radical (unpaired) electrons. The number of aryl methyl sites for hydroxylation is 1. The molecule has 220 valence electrons. The van der Waals surface area contributed by atoms with Gasteiger partial charge in [0.15, 0.2) is 28.9 Å². The van der Waals surface area contributed by atoms with Crippen molar-refractivity contribution in [3.63, 3.8) is 0 Å². The molecule has 13 heteroatoms. The molecular formula is C30H27FN6O5S. The van der Waals surface area contributed by atoms with Crippen molar-refractivity contribution in [3.8, 4) is 22.8 Å². The van der Waals surface area contributed by atoms with Crippen LogP contribution in [0.25, 0.3) is 33.9 Å². The number of rotatable bonds is 7. The van der Waals surface area contributed by atoms with Crippen LogP contribution in [0.5, 0.6) is 0 Å². The number of anilines is 1. The normalized spacial score (nSPS) is 21.7. The van der Waals surface area contributed by atoms with E-state index in [0.29, 0.717) is 5.39 Å². The van der Waals surface area contributed by atoms with Gasteiger partial charge in [-0.15, -0.1) is 0 Å². The molecule has 0 spiro atoms. The van der Waals surface area contributed by atoms with Crippen molar-refractivity contribution >= 4 is 32.8 Å². The number of furan rings is 1. The van der Waals surface area contributed by atoms with E-state index < -0.39 is 33.8 Å². The average molecular weight is 603 g/mol. The van der Waals surface area contributed by atoms with E-state index in [1.807, 2.05) is 6.92 Å². The molecule has 8 rings (SSSR count). The molecule has 0 saturated heterocycles. The predicted octanol–water partition coefficient (Wildman–Crippen LogP) is 5.13. The van der Waals surface area contributed by atoms with Crippen LogP contribution in [0.3, 0.4) is 0 Å². The maximum absolute atomic E-state index is 16.1. The van der Waals surface area contributed by atoms with Gasteiger partial charge in [0, 0.05) is 29.4 Å².